The van der Waals surface area contributed by atoms with Crippen molar-refractivity contribution in [2.45, 2.75) is 25.9 Å². The molecule has 1 aromatic heterocycles. The molecule has 0 saturated carbocycles. The third-order valence-corrected chi connectivity index (χ3v) is 7.22. The van der Waals surface area contributed by atoms with Crippen LogP contribution in [0.15, 0.2) is 58.0 Å². The minimum absolute atomic E-state index is 0.0925. The first-order valence-corrected chi connectivity index (χ1v) is 11.5. The van der Waals surface area contributed by atoms with Crippen molar-refractivity contribution in [2.75, 3.05) is 17.7 Å². The Morgan fingerprint density at radius 3 is 2.75 bits per heavy atom. The molecule has 2 aromatic carbocycles. The van der Waals surface area contributed by atoms with Crippen LogP contribution in [0, 0.1) is 5.41 Å². The quantitative estimate of drug-likeness (QED) is 0.425. The zero-order valence-electron chi connectivity index (χ0n) is 19.4. The number of hydrogen-bond donors (Lipinski definition) is 4. The normalized spacial score (nSPS) is 22.4. The lowest BCUT2D eigenvalue weighted by Gasteiger charge is -2.20. The first kappa shape index (κ1) is 21.8. The lowest BCUT2D eigenvalue weighted by Crippen LogP contribution is -2.33. The number of rotatable bonds is 3. The van der Waals surface area contributed by atoms with Gasteiger partial charge in [0, 0.05) is 24.5 Å². The molecule has 1 fully saturated rings. The molecule has 1 spiro atoms. The molecule has 2 aliphatic heterocycles. The Bertz CT molecular complexity index is 1630. The number of anilines is 2. The second-order valence-corrected chi connectivity index (χ2v) is 9.25. The fraction of sp³-hybridized carbons (Fsp3) is 0.240. The van der Waals surface area contributed by atoms with Crippen LogP contribution >= 0.6 is 0 Å². The van der Waals surface area contributed by atoms with Crippen molar-refractivity contribution in [3.05, 3.63) is 69.8 Å². The van der Waals surface area contributed by atoms with Crippen molar-refractivity contribution >= 4 is 46.0 Å². The molecule has 3 aliphatic rings. The maximum atomic E-state index is 13.0. The molecule has 1 unspecified atom stereocenters. The number of amides is 3. The molecule has 0 radical (unpaired) electrons. The molecular weight excluding hydrogens is 462 g/mol. The summed E-state index contributed by atoms with van der Waals surface area (Å²) in [5.41, 5.74) is 9.55. The molecule has 3 amide bonds. The van der Waals surface area contributed by atoms with Crippen LogP contribution in [-0.2, 0) is 40.3 Å². The number of carbonyl (C=O) groups is 3. The van der Waals surface area contributed by atoms with Crippen LogP contribution in [0.4, 0.5) is 11.4 Å². The number of nitrogens with two attached hydrogens (primary N) is 1. The van der Waals surface area contributed by atoms with Gasteiger partial charge in [-0.1, -0.05) is 12.1 Å². The van der Waals surface area contributed by atoms with Gasteiger partial charge in [-0.05, 0) is 48.2 Å². The van der Waals surface area contributed by atoms with E-state index in [2.05, 4.69) is 20.9 Å². The fourth-order valence-corrected chi connectivity index (χ4v) is 5.62. The third kappa shape index (κ3) is 3.02. The van der Waals surface area contributed by atoms with Crippen LogP contribution in [0.3, 0.4) is 0 Å². The lowest BCUT2D eigenvalue weighted by atomic mass is 9.79. The molecule has 5 N–H and O–H groups in total. The summed E-state index contributed by atoms with van der Waals surface area (Å²) >= 11 is 0. The summed E-state index contributed by atoms with van der Waals surface area (Å²) in [5, 5.41) is 8.44. The molecule has 36 heavy (non-hydrogen) atoms. The summed E-state index contributed by atoms with van der Waals surface area (Å²) in [4.78, 5) is 54.9. The Kier molecular flexibility index (Phi) is 4.65. The SMILES string of the molecule is CN=C1NC(=O)C2(Cc3ccc(NC(=O)Cn4c(=O)n5c6c(cccc64)NC(=O)C5)cc3C2)C1=CN. The van der Waals surface area contributed by atoms with E-state index in [1.165, 1.54) is 15.3 Å². The van der Waals surface area contributed by atoms with Gasteiger partial charge >= 0.3 is 5.69 Å². The Balaban J connectivity index is 1.25. The first-order valence-electron chi connectivity index (χ1n) is 11.5. The van der Waals surface area contributed by atoms with E-state index in [-0.39, 0.29) is 30.8 Å². The number of aromatic nitrogens is 2. The first-order chi connectivity index (χ1) is 17.3. The zero-order chi connectivity index (χ0) is 25.2. The van der Waals surface area contributed by atoms with Crippen molar-refractivity contribution in [3.63, 3.8) is 0 Å². The standard InChI is InChI=1S/C25H23N7O4/c1-27-22-16(10-26)25(23(35)30-22)8-13-5-6-15(7-14(13)9-25)28-19(33)11-31-18-4-2-3-17-21(18)32(24(31)36)12-20(34)29-17/h2-7,10H,8-9,11-12,26H2,1H3,(H,28,33)(H,29,34)(H,27,30,35). The Labute approximate surface area is 204 Å². The summed E-state index contributed by atoms with van der Waals surface area (Å²) in [7, 11) is 1.61. The second kappa shape index (κ2) is 7.67. The van der Waals surface area contributed by atoms with Crippen molar-refractivity contribution in [2.24, 2.45) is 16.1 Å². The van der Waals surface area contributed by atoms with E-state index in [9.17, 15) is 19.2 Å². The van der Waals surface area contributed by atoms with Crippen LogP contribution in [0.25, 0.3) is 11.0 Å². The summed E-state index contributed by atoms with van der Waals surface area (Å²) < 4.78 is 2.75. The Morgan fingerprint density at radius 1 is 1.17 bits per heavy atom. The molecule has 0 bridgehead atoms. The molecule has 1 aliphatic carbocycles. The highest BCUT2D eigenvalue weighted by Crippen LogP contribution is 2.46. The molecule has 1 saturated heterocycles. The Morgan fingerprint density at radius 2 is 1.97 bits per heavy atom. The van der Waals surface area contributed by atoms with Gasteiger partial charge in [0.2, 0.25) is 17.7 Å². The molecule has 1 atom stereocenters. The number of benzene rings is 2. The second-order valence-electron chi connectivity index (χ2n) is 9.25. The topological polar surface area (TPSA) is 153 Å². The minimum atomic E-state index is -0.806. The number of imidazole rings is 1. The molecule has 3 aromatic rings. The Hall–Kier alpha value is -4.67. The van der Waals surface area contributed by atoms with Crippen LogP contribution in [0.2, 0.25) is 0 Å². The van der Waals surface area contributed by atoms with E-state index in [0.717, 1.165) is 11.1 Å². The maximum absolute atomic E-state index is 13.0. The van der Waals surface area contributed by atoms with Crippen molar-refractivity contribution in [1.29, 1.82) is 0 Å². The number of carbonyl (C=O) groups excluding carboxylic acids is 3. The smallest absolute Gasteiger partial charge is 0.330 e. The van der Waals surface area contributed by atoms with Gasteiger partial charge in [0.25, 0.3) is 0 Å². The van der Waals surface area contributed by atoms with E-state index < -0.39 is 11.1 Å². The fourth-order valence-electron chi connectivity index (χ4n) is 5.62. The summed E-state index contributed by atoms with van der Waals surface area (Å²) in [6.07, 6.45) is 2.37. The number of hydrogen-bond acceptors (Lipinski definition) is 6. The highest BCUT2D eigenvalue weighted by atomic mass is 16.2. The van der Waals surface area contributed by atoms with Gasteiger partial charge in [-0.3, -0.25) is 28.5 Å². The van der Waals surface area contributed by atoms with Gasteiger partial charge in [-0.25, -0.2) is 4.79 Å². The van der Waals surface area contributed by atoms with Crippen LogP contribution in [-0.4, -0.2) is 39.7 Å². The van der Waals surface area contributed by atoms with Gasteiger partial charge in [0.1, 0.15) is 18.9 Å². The molecule has 6 rings (SSSR count). The molecule has 11 heteroatoms. The van der Waals surface area contributed by atoms with Crippen LogP contribution in [0.1, 0.15) is 11.1 Å². The number of aliphatic imine (C=N–C) groups is 1. The number of amidine groups is 1. The minimum Gasteiger partial charge on any atom is -0.404 e. The van der Waals surface area contributed by atoms with E-state index in [4.69, 9.17) is 5.73 Å². The molecule has 182 valence electrons. The lowest BCUT2D eigenvalue weighted by molar-refractivity contribution is -0.125. The van der Waals surface area contributed by atoms with Gasteiger partial charge in [-0.2, -0.15) is 0 Å². The summed E-state index contributed by atoms with van der Waals surface area (Å²) in [6, 6.07) is 10.7. The van der Waals surface area contributed by atoms with Gasteiger partial charge in [0.15, 0.2) is 0 Å². The zero-order valence-corrected chi connectivity index (χ0v) is 19.4. The van der Waals surface area contributed by atoms with E-state index in [1.807, 2.05) is 12.1 Å². The van der Waals surface area contributed by atoms with Gasteiger partial charge in [-0.15, -0.1) is 0 Å². The van der Waals surface area contributed by atoms with Crippen molar-refractivity contribution < 1.29 is 14.4 Å². The van der Waals surface area contributed by atoms with E-state index in [0.29, 0.717) is 46.7 Å². The van der Waals surface area contributed by atoms with E-state index >= 15 is 0 Å². The van der Waals surface area contributed by atoms with Crippen LogP contribution < -0.4 is 27.4 Å². The number of nitrogens with one attached hydrogen (secondary N) is 3. The number of para-hydroxylation sites is 1. The maximum Gasteiger partial charge on any atom is 0.330 e. The van der Waals surface area contributed by atoms with E-state index in [1.54, 1.807) is 31.3 Å². The van der Waals surface area contributed by atoms with Gasteiger partial charge in [0.05, 0.1) is 22.1 Å². The third-order valence-electron chi connectivity index (χ3n) is 7.22. The summed E-state index contributed by atoms with van der Waals surface area (Å²) in [6.45, 7) is -0.301. The van der Waals surface area contributed by atoms with Gasteiger partial charge < -0.3 is 21.7 Å². The predicted octanol–water partition coefficient (Wildman–Crippen LogP) is 0.479. The number of fused-ring (bicyclic) bond motifs is 1. The average molecular weight is 486 g/mol. The van der Waals surface area contributed by atoms with Crippen LogP contribution in [0.5, 0.6) is 0 Å². The molecule has 3 heterocycles. The molecule has 11 nitrogen and oxygen atoms in total. The highest BCUT2D eigenvalue weighted by Gasteiger charge is 2.53. The highest BCUT2D eigenvalue weighted by molar-refractivity contribution is 6.20. The monoisotopic (exact) mass is 485 g/mol. The largest absolute Gasteiger partial charge is 0.404 e. The molecular formula is C25H23N7O4. The number of nitrogens with zero attached hydrogens (tertiary/aromatic N) is 3. The van der Waals surface area contributed by atoms with Crippen molar-refractivity contribution in [3.8, 4) is 0 Å². The average Bonchev–Trinajstić information content (AvgIpc) is 3.45. The summed E-state index contributed by atoms with van der Waals surface area (Å²) in [5.74, 6) is -0.315. The van der Waals surface area contributed by atoms with Crippen molar-refractivity contribution in [1.82, 2.24) is 14.5 Å². The predicted molar refractivity (Wildman–Crippen MR) is 134 cm³/mol.